The second-order valence-corrected chi connectivity index (χ2v) is 9.07. The minimum atomic E-state index is -0.449. The summed E-state index contributed by atoms with van der Waals surface area (Å²) in [6, 6.07) is 10.0. The van der Waals surface area contributed by atoms with Crippen molar-refractivity contribution in [3.63, 3.8) is 0 Å². The fourth-order valence-electron chi connectivity index (χ4n) is 3.92. The Hall–Kier alpha value is -1.93. The van der Waals surface area contributed by atoms with Crippen molar-refractivity contribution in [2.24, 2.45) is 0 Å². The number of carbonyl (C=O) groups is 1. The number of aryl methyl sites for hydroxylation is 1. The molecule has 2 unspecified atom stereocenters. The van der Waals surface area contributed by atoms with Crippen LogP contribution in [0.5, 0.6) is 5.75 Å². The molecule has 2 aromatic rings. The van der Waals surface area contributed by atoms with Gasteiger partial charge in [-0.05, 0) is 54.5 Å². The van der Waals surface area contributed by atoms with E-state index in [0.29, 0.717) is 39.3 Å². The first-order valence-corrected chi connectivity index (χ1v) is 11.8. The predicted molar refractivity (Wildman–Crippen MR) is 124 cm³/mol. The molecule has 0 spiro atoms. The molecular formula is C24H34N2O4S. The molecule has 1 N–H and O–H groups in total. The molecule has 2 heterocycles. The Labute approximate surface area is 189 Å². The summed E-state index contributed by atoms with van der Waals surface area (Å²) in [6.07, 6.45) is 1.08. The van der Waals surface area contributed by atoms with Crippen LogP contribution in [-0.2, 0) is 16.0 Å². The van der Waals surface area contributed by atoms with Crippen LogP contribution in [0, 0.1) is 6.92 Å². The zero-order chi connectivity index (χ0) is 22.2. The highest BCUT2D eigenvalue weighted by Gasteiger charge is 2.33. The summed E-state index contributed by atoms with van der Waals surface area (Å²) in [5.41, 5.74) is 2.34. The van der Waals surface area contributed by atoms with E-state index in [-0.39, 0.29) is 18.5 Å². The van der Waals surface area contributed by atoms with E-state index in [1.54, 1.807) is 18.4 Å². The number of hydrogen-bond donors (Lipinski definition) is 1. The zero-order valence-corrected chi connectivity index (χ0v) is 19.6. The van der Waals surface area contributed by atoms with Gasteiger partial charge in [0.15, 0.2) is 0 Å². The smallest absolute Gasteiger partial charge is 0.237 e. The number of aliphatic hydroxyl groups is 1. The molecule has 0 aliphatic carbocycles. The maximum Gasteiger partial charge on any atom is 0.237 e. The van der Waals surface area contributed by atoms with Crippen molar-refractivity contribution < 1.29 is 19.4 Å². The van der Waals surface area contributed by atoms with Crippen LogP contribution in [0.3, 0.4) is 0 Å². The molecule has 1 aliphatic heterocycles. The van der Waals surface area contributed by atoms with Crippen LogP contribution < -0.4 is 4.74 Å². The Bertz CT molecular complexity index is 840. The summed E-state index contributed by atoms with van der Waals surface area (Å²) in [5, 5.41) is 12.2. The standard InChI is InChI=1S/C24H34N2O4S/c1-4-19(27)15-25(11-12-29-3)16-24(28)26-10-8-23-21(9-13-31-23)22(26)17-30-20-7-5-6-18(2)14-20/h5-7,9,13-14,19,22,27H,4,8,10-12,15-17H2,1-3H3. The third kappa shape index (κ3) is 6.53. The Morgan fingerprint density at radius 1 is 1.39 bits per heavy atom. The topological polar surface area (TPSA) is 62.2 Å². The van der Waals surface area contributed by atoms with Gasteiger partial charge in [-0.15, -0.1) is 11.3 Å². The van der Waals surface area contributed by atoms with Crippen LogP contribution in [-0.4, -0.2) is 73.4 Å². The molecule has 170 valence electrons. The summed E-state index contributed by atoms with van der Waals surface area (Å²) in [7, 11) is 1.65. The van der Waals surface area contributed by atoms with Crippen molar-refractivity contribution in [3.05, 3.63) is 51.7 Å². The summed E-state index contributed by atoms with van der Waals surface area (Å²) < 4.78 is 11.3. The highest BCUT2D eigenvalue weighted by molar-refractivity contribution is 7.10. The number of carbonyl (C=O) groups excluding carboxylic acids is 1. The lowest BCUT2D eigenvalue weighted by atomic mass is 10.0. The number of thiophene rings is 1. The second-order valence-electron chi connectivity index (χ2n) is 8.07. The van der Waals surface area contributed by atoms with Gasteiger partial charge in [0.25, 0.3) is 0 Å². The highest BCUT2D eigenvalue weighted by atomic mass is 32.1. The van der Waals surface area contributed by atoms with E-state index in [1.807, 2.05) is 47.9 Å². The minimum absolute atomic E-state index is 0.0640. The lowest BCUT2D eigenvalue weighted by Crippen LogP contribution is -2.48. The molecule has 1 aromatic heterocycles. The van der Waals surface area contributed by atoms with Gasteiger partial charge in [-0.2, -0.15) is 0 Å². The minimum Gasteiger partial charge on any atom is -0.491 e. The first-order valence-electron chi connectivity index (χ1n) is 11.0. The predicted octanol–water partition coefficient (Wildman–Crippen LogP) is 3.28. The highest BCUT2D eigenvalue weighted by Crippen LogP contribution is 2.34. The van der Waals surface area contributed by atoms with E-state index >= 15 is 0 Å². The lowest BCUT2D eigenvalue weighted by Gasteiger charge is -2.37. The molecule has 0 radical (unpaired) electrons. The largest absolute Gasteiger partial charge is 0.491 e. The first kappa shape index (κ1) is 23.7. The van der Waals surface area contributed by atoms with Gasteiger partial charge < -0.3 is 19.5 Å². The molecule has 6 nitrogen and oxygen atoms in total. The third-order valence-electron chi connectivity index (χ3n) is 5.72. The third-order valence-corrected chi connectivity index (χ3v) is 6.72. The Kier molecular flexibility index (Phi) is 8.90. The fourth-order valence-corrected chi connectivity index (χ4v) is 4.85. The quantitative estimate of drug-likeness (QED) is 0.574. The van der Waals surface area contributed by atoms with Crippen LogP contribution in [0.1, 0.15) is 35.4 Å². The van der Waals surface area contributed by atoms with E-state index in [2.05, 4.69) is 11.4 Å². The molecule has 1 aliphatic rings. The second kappa shape index (κ2) is 11.6. The van der Waals surface area contributed by atoms with Gasteiger partial charge >= 0.3 is 0 Å². The van der Waals surface area contributed by atoms with Gasteiger partial charge in [-0.25, -0.2) is 0 Å². The van der Waals surface area contributed by atoms with E-state index in [4.69, 9.17) is 9.47 Å². The number of fused-ring (bicyclic) bond motifs is 1. The number of aliphatic hydroxyl groups excluding tert-OH is 1. The van der Waals surface area contributed by atoms with Gasteiger partial charge in [-0.3, -0.25) is 9.69 Å². The number of rotatable bonds is 11. The fraction of sp³-hybridized carbons (Fsp3) is 0.542. The number of benzene rings is 1. The Morgan fingerprint density at radius 2 is 2.23 bits per heavy atom. The van der Waals surface area contributed by atoms with Gasteiger partial charge in [0, 0.05) is 31.6 Å². The molecule has 1 amide bonds. The maximum absolute atomic E-state index is 13.4. The van der Waals surface area contributed by atoms with Crippen LogP contribution >= 0.6 is 11.3 Å². The molecule has 1 aromatic carbocycles. The summed E-state index contributed by atoms with van der Waals surface area (Å²) in [4.78, 5) is 18.6. The normalized spacial score (nSPS) is 16.9. The molecule has 2 atom stereocenters. The number of hydrogen-bond acceptors (Lipinski definition) is 6. The van der Waals surface area contributed by atoms with Crippen molar-refractivity contribution in [2.45, 2.75) is 38.8 Å². The summed E-state index contributed by atoms with van der Waals surface area (Å²) in [6.45, 7) is 6.97. The SMILES string of the molecule is CCC(O)CN(CCOC)CC(=O)N1CCc2sccc2C1COc1cccc(C)c1. The van der Waals surface area contributed by atoms with Gasteiger partial charge in [-0.1, -0.05) is 19.1 Å². The summed E-state index contributed by atoms with van der Waals surface area (Å²) in [5.74, 6) is 0.886. The van der Waals surface area contributed by atoms with Crippen molar-refractivity contribution in [1.82, 2.24) is 9.80 Å². The molecule has 0 saturated heterocycles. The first-order chi connectivity index (χ1) is 15.0. The van der Waals surface area contributed by atoms with Crippen molar-refractivity contribution >= 4 is 17.2 Å². The Morgan fingerprint density at radius 3 is 2.97 bits per heavy atom. The summed E-state index contributed by atoms with van der Waals surface area (Å²) >= 11 is 1.75. The molecule has 0 fully saturated rings. The van der Waals surface area contributed by atoms with E-state index in [0.717, 1.165) is 17.7 Å². The van der Waals surface area contributed by atoms with Gasteiger partial charge in [0.2, 0.25) is 5.91 Å². The van der Waals surface area contributed by atoms with Crippen molar-refractivity contribution in [2.75, 3.05) is 46.5 Å². The average molecular weight is 447 g/mol. The van der Waals surface area contributed by atoms with Gasteiger partial charge in [0.1, 0.15) is 12.4 Å². The van der Waals surface area contributed by atoms with Gasteiger partial charge in [0.05, 0.1) is 25.3 Å². The van der Waals surface area contributed by atoms with Crippen LogP contribution in [0.15, 0.2) is 35.7 Å². The molecule has 0 bridgehead atoms. The van der Waals surface area contributed by atoms with Crippen LogP contribution in [0.4, 0.5) is 0 Å². The van der Waals surface area contributed by atoms with Crippen LogP contribution in [0.25, 0.3) is 0 Å². The number of amides is 1. The molecule has 31 heavy (non-hydrogen) atoms. The van der Waals surface area contributed by atoms with E-state index < -0.39 is 6.10 Å². The van der Waals surface area contributed by atoms with Crippen molar-refractivity contribution in [3.8, 4) is 5.75 Å². The average Bonchev–Trinajstić information content (AvgIpc) is 3.24. The van der Waals surface area contributed by atoms with E-state index in [9.17, 15) is 9.90 Å². The Balaban J connectivity index is 1.72. The monoisotopic (exact) mass is 446 g/mol. The van der Waals surface area contributed by atoms with Crippen LogP contribution in [0.2, 0.25) is 0 Å². The molecule has 7 heteroatoms. The molecule has 0 saturated carbocycles. The molecular weight excluding hydrogens is 412 g/mol. The lowest BCUT2D eigenvalue weighted by molar-refractivity contribution is -0.136. The maximum atomic E-state index is 13.4. The zero-order valence-electron chi connectivity index (χ0n) is 18.8. The number of nitrogens with zero attached hydrogens (tertiary/aromatic N) is 2. The van der Waals surface area contributed by atoms with Crippen molar-refractivity contribution in [1.29, 1.82) is 0 Å². The van der Waals surface area contributed by atoms with E-state index in [1.165, 1.54) is 10.4 Å². The number of methoxy groups -OCH3 is 1. The number of ether oxygens (including phenoxy) is 2. The molecule has 3 rings (SSSR count).